The SMILES string of the molecule is Cl.[H-].[Na+].[O-][Cl+]O.[Zn]. The molecule has 0 atom stereocenters. The van der Waals surface area contributed by atoms with Gasteiger partial charge in [-0.25, -0.2) is 0 Å². The normalized spacial score (nSPS) is 3.00. The summed E-state index contributed by atoms with van der Waals surface area (Å²) in [6.07, 6.45) is 0. The number of hydrogen-bond donors (Lipinski definition) is 1. The van der Waals surface area contributed by atoms with Crippen molar-refractivity contribution < 1.29 is 71.1 Å². The van der Waals surface area contributed by atoms with Crippen LogP contribution >= 0.6 is 12.4 Å². The van der Waals surface area contributed by atoms with Gasteiger partial charge in [0.05, 0.1) is 0 Å². The molecule has 6 heavy (non-hydrogen) atoms. The quantitative estimate of drug-likeness (QED) is 0.397. The molecule has 0 radical (unpaired) electrons. The predicted octanol–water partition coefficient (Wildman–Crippen LogP) is -4.21. The second-order valence-corrected chi connectivity index (χ2v) is 0.207. The molecule has 0 heterocycles. The molecule has 0 rings (SSSR count). The van der Waals surface area contributed by atoms with Crippen LogP contribution in [-0.2, 0) is 19.5 Å². The zero-order valence-corrected chi connectivity index (χ0v) is 9.89. The monoisotopic (exact) mass is 192 g/mol. The first kappa shape index (κ1) is 24.2. The van der Waals surface area contributed by atoms with Crippen molar-refractivity contribution in [3.8, 4) is 0 Å². The molecule has 0 aromatic rings. The fourth-order valence-corrected chi connectivity index (χ4v) is 0. The Kier molecular flexibility index (Phi) is 111. The molecule has 32 valence electrons. The van der Waals surface area contributed by atoms with Gasteiger partial charge in [-0.3, -0.25) is 0 Å². The van der Waals surface area contributed by atoms with Crippen LogP contribution in [0.3, 0.4) is 0 Å². The van der Waals surface area contributed by atoms with Gasteiger partial charge in [0.25, 0.3) is 0 Å². The third-order valence-electron chi connectivity index (χ3n) is 0. The minimum absolute atomic E-state index is 0. The van der Waals surface area contributed by atoms with Crippen molar-refractivity contribution in [3.63, 3.8) is 0 Å². The van der Waals surface area contributed by atoms with Gasteiger partial charge >= 0.3 is 40.9 Å². The molecule has 0 aliphatic carbocycles. The van der Waals surface area contributed by atoms with Crippen molar-refractivity contribution in [2.45, 2.75) is 0 Å². The van der Waals surface area contributed by atoms with Gasteiger partial charge in [0.15, 0.2) is 0 Å². The van der Waals surface area contributed by atoms with Gasteiger partial charge in [-0.05, 0) is 0 Å². The van der Waals surface area contributed by atoms with E-state index in [2.05, 4.69) is 0 Å². The van der Waals surface area contributed by atoms with E-state index < -0.39 is 0 Å². The van der Waals surface area contributed by atoms with Crippen LogP contribution < -0.4 is 34.2 Å². The molecule has 0 fully saturated rings. The summed E-state index contributed by atoms with van der Waals surface area (Å²) in [5.74, 6) is 0. The third kappa shape index (κ3) is 35.6. The van der Waals surface area contributed by atoms with Crippen LogP contribution in [0.5, 0.6) is 0 Å². The van der Waals surface area contributed by atoms with Gasteiger partial charge in [0, 0.05) is 19.5 Å². The smallest absolute Gasteiger partial charge is 1.00 e. The number of rotatable bonds is 0. The average Bonchev–Trinajstić information content (AvgIpc) is 0.918. The van der Waals surface area contributed by atoms with Crippen molar-refractivity contribution in [2.24, 2.45) is 0 Å². The Hall–Kier alpha value is 2.12. The van der Waals surface area contributed by atoms with Crippen LogP contribution in [0.4, 0.5) is 0 Å². The first-order valence-electron chi connectivity index (χ1n) is 0.323. The molecule has 0 aliphatic rings. The molecule has 0 aromatic heterocycles. The summed E-state index contributed by atoms with van der Waals surface area (Å²) in [7, 11) is 0. The van der Waals surface area contributed by atoms with Crippen LogP contribution in [0.1, 0.15) is 1.43 Å². The van der Waals surface area contributed by atoms with Gasteiger partial charge in [0.1, 0.15) is 0 Å². The van der Waals surface area contributed by atoms with E-state index in [0.29, 0.717) is 0 Å². The molecule has 1 N–H and O–H groups in total. The fraction of sp³-hybridized carbons (Fsp3) is 0. The van der Waals surface area contributed by atoms with E-state index >= 15 is 0 Å². The van der Waals surface area contributed by atoms with Gasteiger partial charge in [-0.15, -0.1) is 17.1 Å². The minimum Gasteiger partial charge on any atom is -1.00 e. The van der Waals surface area contributed by atoms with E-state index in [1.54, 1.807) is 0 Å². The molecule has 2 nitrogen and oxygen atoms in total. The molecule has 0 aromatic carbocycles. The van der Waals surface area contributed by atoms with E-state index in [-0.39, 0.29) is 74.2 Å². The van der Waals surface area contributed by atoms with E-state index in [0.717, 1.165) is 0 Å². The maximum atomic E-state index is 8.35. The summed E-state index contributed by atoms with van der Waals surface area (Å²) in [4.78, 5) is 0. The summed E-state index contributed by atoms with van der Waals surface area (Å²) in [6.45, 7) is 0. The predicted molar refractivity (Wildman–Crippen MR) is 10.6 cm³/mol. The van der Waals surface area contributed by atoms with E-state index in [4.69, 9.17) is 9.32 Å². The van der Waals surface area contributed by atoms with Crippen LogP contribution in [0.15, 0.2) is 0 Å². The van der Waals surface area contributed by atoms with Crippen LogP contribution in [0.25, 0.3) is 0 Å². The maximum Gasteiger partial charge on any atom is 1.00 e. The molecular formula is H3Cl2NaO2Zn. The Morgan fingerprint density at radius 2 is 1.67 bits per heavy atom. The molecule has 0 saturated carbocycles. The number of hydrogen-bond acceptors (Lipinski definition) is 2. The van der Waals surface area contributed by atoms with Gasteiger partial charge in [0.2, 0.25) is 0 Å². The van der Waals surface area contributed by atoms with Crippen LogP contribution in [0.2, 0.25) is 0 Å². The van der Waals surface area contributed by atoms with Gasteiger partial charge < -0.3 is 6.09 Å². The first-order chi connectivity index (χ1) is 1.41. The molecular weight excluding hydrogens is 191 g/mol. The van der Waals surface area contributed by atoms with Crippen molar-refractivity contribution in [3.05, 3.63) is 0 Å². The van der Waals surface area contributed by atoms with Crippen molar-refractivity contribution in [1.29, 1.82) is 0 Å². The third-order valence-corrected chi connectivity index (χ3v) is 0. The Balaban J connectivity index is -0.00000000333. The summed E-state index contributed by atoms with van der Waals surface area (Å²) >= 11 is -0.167. The number of halogens is 2. The zero-order valence-electron chi connectivity index (χ0n) is 4.35. The largest absolute Gasteiger partial charge is 1.00 e. The standard InChI is InChI=1S/ClHO2.ClH.Na.Zn.H/c2-1-3;;;;/h2H;1H;;;/q;;+1;;-1. The molecule has 0 unspecified atom stereocenters. The topological polar surface area (TPSA) is 43.3 Å². The Labute approximate surface area is 82.7 Å². The van der Waals surface area contributed by atoms with Crippen molar-refractivity contribution in [1.82, 2.24) is 0 Å². The fourth-order valence-electron chi connectivity index (χ4n) is 0. The van der Waals surface area contributed by atoms with E-state index in [9.17, 15) is 0 Å². The molecule has 0 spiro atoms. The van der Waals surface area contributed by atoms with Crippen LogP contribution in [0, 0.1) is 11.3 Å². The summed E-state index contributed by atoms with van der Waals surface area (Å²) < 4.78 is 15.2. The second kappa shape index (κ2) is 27.4. The van der Waals surface area contributed by atoms with Crippen molar-refractivity contribution >= 4 is 12.4 Å². The first-order valence-corrected chi connectivity index (χ1v) is 0.970. The Morgan fingerprint density at radius 1 is 1.67 bits per heavy atom. The Morgan fingerprint density at radius 3 is 1.67 bits per heavy atom. The zero-order chi connectivity index (χ0) is 2.71. The van der Waals surface area contributed by atoms with E-state index in [1.807, 2.05) is 0 Å². The summed E-state index contributed by atoms with van der Waals surface area (Å²) in [5.41, 5.74) is 0. The second-order valence-electron chi connectivity index (χ2n) is 0.0690. The van der Waals surface area contributed by atoms with Crippen molar-refractivity contribution in [2.75, 3.05) is 0 Å². The molecule has 0 aliphatic heterocycles. The van der Waals surface area contributed by atoms with E-state index in [1.165, 1.54) is 0 Å². The molecule has 0 amide bonds. The van der Waals surface area contributed by atoms with Crippen LogP contribution in [-0.4, -0.2) is 4.66 Å². The maximum absolute atomic E-state index is 8.35. The molecule has 6 heteroatoms. The molecule has 0 bridgehead atoms. The average molecular weight is 194 g/mol. The van der Waals surface area contributed by atoms with Gasteiger partial charge in [-0.2, -0.15) is 0 Å². The Bertz CT molecular complexity index is 15.7. The van der Waals surface area contributed by atoms with Gasteiger partial charge in [-0.1, -0.05) is 0 Å². The summed E-state index contributed by atoms with van der Waals surface area (Å²) in [5, 5.41) is 0. The summed E-state index contributed by atoms with van der Waals surface area (Å²) in [6, 6.07) is 0. The molecule has 0 saturated heterocycles. The minimum atomic E-state index is -0.167.